The van der Waals surface area contributed by atoms with E-state index in [0.717, 1.165) is 18.7 Å². The molecule has 2 aromatic carbocycles. The molecule has 0 saturated carbocycles. The highest BCUT2D eigenvalue weighted by molar-refractivity contribution is 5.67. The minimum atomic E-state index is -0.368. The number of hydrogen-bond donors (Lipinski definition) is 1. The van der Waals surface area contributed by atoms with Crippen LogP contribution in [0.5, 0.6) is 0 Å². The second-order valence-corrected chi connectivity index (χ2v) is 7.19. The molecule has 0 bridgehead atoms. The summed E-state index contributed by atoms with van der Waals surface area (Å²) in [7, 11) is 4.08. The molecule has 0 aromatic heterocycles. The summed E-state index contributed by atoms with van der Waals surface area (Å²) in [6, 6.07) is 18.5. The average Bonchev–Trinajstić information content (AvgIpc) is 3.22. The van der Waals surface area contributed by atoms with Gasteiger partial charge in [-0.05, 0) is 49.2 Å². The van der Waals surface area contributed by atoms with Crippen LogP contribution in [0.1, 0.15) is 30.0 Å². The van der Waals surface area contributed by atoms with Crippen molar-refractivity contribution in [2.24, 2.45) is 0 Å². The van der Waals surface area contributed by atoms with Crippen LogP contribution in [0.2, 0.25) is 0 Å². The van der Waals surface area contributed by atoms with E-state index in [-0.39, 0.29) is 12.1 Å². The number of rotatable bonds is 7. The standard InChI is InChI=1S/C22H29N3O2/c1-24(2)20-12-10-19(11-13-20)21(25-14-6-7-15-25)16-23-22(26)27-17-18-8-4-3-5-9-18/h3-5,8-13,21H,6-7,14-17H2,1-2H3,(H,23,26)/t21-/m1/s1. The van der Waals surface area contributed by atoms with Crippen molar-refractivity contribution in [3.63, 3.8) is 0 Å². The first-order valence-corrected chi connectivity index (χ1v) is 9.59. The molecule has 5 nitrogen and oxygen atoms in total. The molecule has 1 amide bonds. The summed E-state index contributed by atoms with van der Waals surface area (Å²) in [5, 5.41) is 2.95. The molecule has 0 radical (unpaired) electrons. The zero-order valence-electron chi connectivity index (χ0n) is 16.2. The van der Waals surface area contributed by atoms with Crippen LogP contribution in [0.15, 0.2) is 54.6 Å². The Labute approximate surface area is 161 Å². The number of likely N-dealkylation sites (tertiary alicyclic amines) is 1. The SMILES string of the molecule is CN(C)c1ccc([C@@H](CNC(=O)OCc2ccccc2)N2CCCC2)cc1. The van der Waals surface area contributed by atoms with E-state index in [0.29, 0.717) is 13.2 Å². The number of carbonyl (C=O) groups is 1. The topological polar surface area (TPSA) is 44.8 Å². The monoisotopic (exact) mass is 367 g/mol. The fourth-order valence-electron chi connectivity index (χ4n) is 3.46. The number of nitrogens with zero attached hydrogens (tertiary/aromatic N) is 2. The molecule has 1 N–H and O–H groups in total. The molecule has 0 aliphatic carbocycles. The second kappa shape index (κ2) is 9.42. The third-order valence-corrected chi connectivity index (χ3v) is 5.03. The number of benzene rings is 2. The van der Waals surface area contributed by atoms with E-state index in [1.165, 1.54) is 24.1 Å². The lowest BCUT2D eigenvalue weighted by Crippen LogP contribution is -2.37. The van der Waals surface area contributed by atoms with Gasteiger partial charge in [-0.25, -0.2) is 4.79 Å². The van der Waals surface area contributed by atoms with Gasteiger partial charge in [0, 0.05) is 26.3 Å². The number of carbonyl (C=O) groups excluding carboxylic acids is 1. The van der Waals surface area contributed by atoms with Crippen molar-refractivity contribution in [3.8, 4) is 0 Å². The third kappa shape index (κ3) is 5.47. The molecule has 2 aromatic rings. The predicted molar refractivity (Wildman–Crippen MR) is 109 cm³/mol. The van der Waals surface area contributed by atoms with Crippen LogP contribution >= 0.6 is 0 Å². The van der Waals surface area contributed by atoms with Crippen LogP contribution in [0.4, 0.5) is 10.5 Å². The Morgan fingerprint density at radius 3 is 2.37 bits per heavy atom. The second-order valence-electron chi connectivity index (χ2n) is 7.19. The molecule has 1 heterocycles. The van der Waals surface area contributed by atoms with Crippen LogP contribution < -0.4 is 10.2 Å². The van der Waals surface area contributed by atoms with E-state index in [2.05, 4.69) is 39.4 Å². The van der Waals surface area contributed by atoms with Crippen molar-refractivity contribution < 1.29 is 9.53 Å². The molecule has 3 rings (SSSR count). The summed E-state index contributed by atoms with van der Waals surface area (Å²) in [4.78, 5) is 16.7. The molecule has 27 heavy (non-hydrogen) atoms. The fourth-order valence-corrected chi connectivity index (χ4v) is 3.46. The smallest absolute Gasteiger partial charge is 0.407 e. The van der Waals surface area contributed by atoms with E-state index in [1.54, 1.807) is 0 Å². The van der Waals surface area contributed by atoms with Gasteiger partial charge in [0.2, 0.25) is 0 Å². The lowest BCUT2D eigenvalue weighted by molar-refractivity contribution is 0.134. The molecule has 0 spiro atoms. The maximum absolute atomic E-state index is 12.2. The minimum absolute atomic E-state index is 0.174. The average molecular weight is 367 g/mol. The summed E-state index contributed by atoms with van der Waals surface area (Å²) in [6.07, 6.45) is 2.06. The lowest BCUT2D eigenvalue weighted by Gasteiger charge is -2.28. The predicted octanol–water partition coefficient (Wildman–Crippen LogP) is 3.82. The van der Waals surface area contributed by atoms with Gasteiger partial charge in [0.25, 0.3) is 0 Å². The highest BCUT2D eigenvalue weighted by atomic mass is 16.5. The molecule has 1 aliphatic heterocycles. The molecular weight excluding hydrogens is 338 g/mol. The molecule has 5 heteroatoms. The summed E-state index contributed by atoms with van der Waals surface area (Å²) in [6.45, 7) is 2.98. The van der Waals surface area contributed by atoms with Gasteiger partial charge in [-0.2, -0.15) is 0 Å². The van der Waals surface area contributed by atoms with Gasteiger partial charge < -0.3 is 15.0 Å². The van der Waals surface area contributed by atoms with Crippen molar-refractivity contribution in [3.05, 3.63) is 65.7 Å². The molecular formula is C22H29N3O2. The minimum Gasteiger partial charge on any atom is -0.445 e. The molecule has 144 valence electrons. The molecule has 1 saturated heterocycles. The van der Waals surface area contributed by atoms with E-state index in [9.17, 15) is 4.79 Å². The largest absolute Gasteiger partial charge is 0.445 e. The van der Waals surface area contributed by atoms with Crippen LogP contribution in [-0.4, -0.2) is 44.7 Å². The zero-order valence-corrected chi connectivity index (χ0v) is 16.2. The van der Waals surface area contributed by atoms with Gasteiger partial charge in [-0.15, -0.1) is 0 Å². The Balaban J connectivity index is 1.59. The molecule has 0 unspecified atom stereocenters. The van der Waals surface area contributed by atoms with Crippen LogP contribution in [0.25, 0.3) is 0 Å². The lowest BCUT2D eigenvalue weighted by atomic mass is 10.0. The number of nitrogens with one attached hydrogen (secondary N) is 1. The normalized spacial score (nSPS) is 15.3. The summed E-state index contributed by atoms with van der Waals surface area (Å²) >= 11 is 0. The Morgan fingerprint density at radius 1 is 1.07 bits per heavy atom. The van der Waals surface area contributed by atoms with E-state index in [4.69, 9.17) is 4.74 Å². The molecule has 1 atom stereocenters. The number of anilines is 1. The van der Waals surface area contributed by atoms with Gasteiger partial charge in [0.05, 0.1) is 6.04 Å². The van der Waals surface area contributed by atoms with Crippen molar-refractivity contribution in [2.75, 3.05) is 38.6 Å². The quantitative estimate of drug-likeness (QED) is 0.808. The first-order chi connectivity index (χ1) is 13.1. The number of ether oxygens (including phenoxy) is 1. The van der Waals surface area contributed by atoms with Crippen molar-refractivity contribution in [2.45, 2.75) is 25.5 Å². The van der Waals surface area contributed by atoms with Crippen molar-refractivity contribution in [1.29, 1.82) is 0 Å². The van der Waals surface area contributed by atoms with Crippen LogP contribution in [0.3, 0.4) is 0 Å². The highest BCUT2D eigenvalue weighted by Gasteiger charge is 2.24. The summed E-state index contributed by atoms with van der Waals surface area (Å²) in [5.41, 5.74) is 3.39. The Hall–Kier alpha value is -2.53. The number of alkyl carbamates (subject to hydrolysis) is 1. The maximum Gasteiger partial charge on any atom is 0.407 e. The molecule has 1 aliphatic rings. The van der Waals surface area contributed by atoms with E-state index in [1.807, 2.05) is 44.4 Å². The van der Waals surface area contributed by atoms with Crippen molar-refractivity contribution >= 4 is 11.8 Å². The fraction of sp³-hybridized carbons (Fsp3) is 0.409. The highest BCUT2D eigenvalue weighted by Crippen LogP contribution is 2.26. The van der Waals surface area contributed by atoms with E-state index >= 15 is 0 Å². The first-order valence-electron chi connectivity index (χ1n) is 9.59. The van der Waals surface area contributed by atoms with Crippen LogP contribution in [-0.2, 0) is 11.3 Å². The summed E-state index contributed by atoms with van der Waals surface area (Å²) in [5.74, 6) is 0. The zero-order chi connectivity index (χ0) is 19.1. The third-order valence-electron chi connectivity index (χ3n) is 5.03. The first kappa shape index (κ1) is 19.2. The number of amides is 1. The summed E-state index contributed by atoms with van der Waals surface area (Å²) < 4.78 is 5.35. The van der Waals surface area contributed by atoms with Crippen molar-refractivity contribution in [1.82, 2.24) is 10.2 Å². The Bertz CT molecular complexity index is 710. The maximum atomic E-state index is 12.2. The van der Waals surface area contributed by atoms with E-state index < -0.39 is 0 Å². The number of hydrogen-bond acceptors (Lipinski definition) is 4. The van der Waals surface area contributed by atoms with Gasteiger partial charge in [-0.1, -0.05) is 42.5 Å². The Morgan fingerprint density at radius 2 is 1.74 bits per heavy atom. The Kier molecular flexibility index (Phi) is 6.71. The van der Waals surface area contributed by atoms with Gasteiger partial charge in [-0.3, -0.25) is 4.90 Å². The van der Waals surface area contributed by atoms with Crippen LogP contribution in [0, 0.1) is 0 Å². The molecule has 1 fully saturated rings. The van der Waals surface area contributed by atoms with Gasteiger partial charge >= 0.3 is 6.09 Å². The van der Waals surface area contributed by atoms with Gasteiger partial charge in [0.15, 0.2) is 0 Å². The van der Waals surface area contributed by atoms with Gasteiger partial charge in [0.1, 0.15) is 6.61 Å².